The van der Waals surface area contributed by atoms with E-state index < -0.39 is 23.0 Å². The molecule has 2 aromatic carbocycles. The Hall–Kier alpha value is -2.32. The largest absolute Gasteiger partial charge is 0.377 e. The molecule has 0 saturated heterocycles. The molecule has 0 bridgehead atoms. The highest BCUT2D eigenvalue weighted by molar-refractivity contribution is 5.65. The number of halogens is 3. The van der Waals surface area contributed by atoms with E-state index in [1.165, 1.54) is 18.2 Å². The lowest BCUT2D eigenvalue weighted by Crippen LogP contribution is -1.97. The molecule has 2 rings (SSSR count). The molecule has 2 nitrogen and oxygen atoms in total. The maximum Gasteiger partial charge on any atom is 0.144 e. The summed E-state index contributed by atoms with van der Waals surface area (Å²) in [6.45, 7) is 2.83. The summed E-state index contributed by atoms with van der Waals surface area (Å²) in [4.78, 5) is 0. The third kappa shape index (κ3) is 3.46. The topological polar surface area (TPSA) is 33.0 Å². The molecule has 22 heavy (non-hydrogen) atoms. The Morgan fingerprint density at radius 1 is 1.05 bits per heavy atom. The fraction of sp³-hybridized carbons (Fsp3) is 0.235. The molecular weight excluding hydrogens is 291 g/mol. The number of hydrogen-bond donors (Lipinski definition) is 0. The van der Waals surface area contributed by atoms with Gasteiger partial charge in [-0.05, 0) is 35.7 Å². The van der Waals surface area contributed by atoms with Crippen molar-refractivity contribution in [2.75, 3.05) is 6.61 Å². The summed E-state index contributed by atoms with van der Waals surface area (Å²) in [5.74, 6) is -2.61. The molecule has 0 amide bonds. The SMILES string of the molecule is CCCOCc1ccc(-c2cc(F)c(C#N)c(F)c2)c(F)c1. The molecule has 0 atom stereocenters. The van der Waals surface area contributed by atoms with E-state index in [1.807, 2.05) is 6.92 Å². The first-order valence-corrected chi connectivity index (χ1v) is 6.82. The Kier molecular flexibility index (Phi) is 5.18. The molecule has 0 heterocycles. The van der Waals surface area contributed by atoms with Crippen LogP contribution in [-0.4, -0.2) is 6.61 Å². The minimum absolute atomic E-state index is 0.0486. The Morgan fingerprint density at radius 3 is 2.27 bits per heavy atom. The van der Waals surface area contributed by atoms with Crippen LogP contribution in [0.1, 0.15) is 24.5 Å². The number of ether oxygens (including phenoxy) is 1. The van der Waals surface area contributed by atoms with Gasteiger partial charge in [-0.2, -0.15) is 5.26 Å². The summed E-state index contributed by atoms with van der Waals surface area (Å²) in [5, 5.41) is 8.64. The molecule has 114 valence electrons. The van der Waals surface area contributed by atoms with E-state index in [0.717, 1.165) is 18.6 Å². The van der Waals surface area contributed by atoms with Crippen molar-refractivity contribution in [1.29, 1.82) is 5.26 Å². The second kappa shape index (κ2) is 7.10. The Bertz CT molecular complexity index is 699. The van der Waals surface area contributed by atoms with Gasteiger partial charge in [-0.3, -0.25) is 0 Å². The van der Waals surface area contributed by atoms with Crippen LogP contribution in [0, 0.1) is 28.8 Å². The van der Waals surface area contributed by atoms with Crippen molar-refractivity contribution >= 4 is 0 Å². The van der Waals surface area contributed by atoms with Crippen molar-refractivity contribution in [2.45, 2.75) is 20.0 Å². The van der Waals surface area contributed by atoms with Gasteiger partial charge >= 0.3 is 0 Å². The van der Waals surface area contributed by atoms with Gasteiger partial charge in [-0.1, -0.05) is 19.1 Å². The lowest BCUT2D eigenvalue weighted by Gasteiger charge is -2.08. The first-order chi connectivity index (χ1) is 10.6. The summed E-state index contributed by atoms with van der Waals surface area (Å²) in [6, 6.07) is 7.70. The van der Waals surface area contributed by atoms with E-state index in [1.54, 1.807) is 6.07 Å². The normalized spacial score (nSPS) is 10.5. The molecular formula is C17H14F3NO. The third-order valence-electron chi connectivity index (χ3n) is 3.12. The molecule has 0 aliphatic rings. The minimum atomic E-state index is -1.01. The van der Waals surface area contributed by atoms with Crippen LogP contribution in [-0.2, 0) is 11.3 Å². The molecule has 0 aliphatic carbocycles. The van der Waals surface area contributed by atoms with Crippen LogP contribution in [0.3, 0.4) is 0 Å². The summed E-state index contributed by atoms with van der Waals surface area (Å²) in [7, 11) is 0. The third-order valence-corrected chi connectivity index (χ3v) is 3.12. The van der Waals surface area contributed by atoms with Gasteiger partial charge in [0.25, 0.3) is 0 Å². The zero-order valence-corrected chi connectivity index (χ0v) is 12.0. The quantitative estimate of drug-likeness (QED) is 0.758. The fourth-order valence-corrected chi connectivity index (χ4v) is 2.05. The maximum atomic E-state index is 14.1. The smallest absolute Gasteiger partial charge is 0.144 e. The average Bonchev–Trinajstić information content (AvgIpc) is 2.47. The average molecular weight is 305 g/mol. The number of benzene rings is 2. The molecule has 0 fully saturated rings. The number of nitrogens with zero attached hydrogens (tertiary/aromatic N) is 1. The van der Waals surface area contributed by atoms with Gasteiger partial charge in [-0.25, -0.2) is 13.2 Å². The molecule has 5 heteroatoms. The number of hydrogen-bond acceptors (Lipinski definition) is 2. The Balaban J connectivity index is 2.32. The van der Waals surface area contributed by atoms with Crippen LogP contribution >= 0.6 is 0 Å². The molecule has 0 aliphatic heterocycles. The van der Waals surface area contributed by atoms with Crippen LogP contribution < -0.4 is 0 Å². The van der Waals surface area contributed by atoms with Crippen LogP contribution in [0.15, 0.2) is 30.3 Å². The van der Waals surface area contributed by atoms with Crippen molar-refractivity contribution in [3.8, 4) is 17.2 Å². The van der Waals surface area contributed by atoms with Crippen molar-refractivity contribution in [1.82, 2.24) is 0 Å². The minimum Gasteiger partial charge on any atom is -0.377 e. The summed E-state index contributed by atoms with van der Waals surface area (Å²) >= 11 is 0. The first kappa shape index (κ1) is 16.1. The zero-order chi connectivity index (χ0) is 16.1. The van der Waals surface area contributed by atoms with Crippen LogP contribution in [0.25, 0.3) is 11.1 Å². The van der Waals surface area contributed by atoms with Crippen LogP contribution in [0.4, 0.5) is 13.2 Å². The van der Waals surface area contributed by atoms with Gasteiger partial charge in [0.15, 0.2) is 0 Å². The van der Waals surface area contributed by atoms with Crippen LogP contribution in [0.2, 0.25) is 0 Å². The molecule has 0 aromatic heterocycles. The van der Waals surface area contributed by atoms with Crippen LogP contribution in [0.5, 0.6) is 0 Å². The number of rotatable bonds is 5. The lowest BCUT2D eigenvalue weighted by atomic mass is 10.0. The standard InChI is InChI=1S/C17H14F3NO/c1-2-5-22-10-11-3-4-13(15(18)6-11)12-7-16(19)14(9-21)17(20)8-12/h3-4,6-8H,2,5,10H2,1H3. The summed E-state index contributed by atoms with van der Waals surface area (Å²) < 4.78 is 46.7. The summed E-state index contributed by atoms with van der Waals surface area (Å²) in [6.07, 6.45) is 0.865. The molecule has 0 N–H and O–H groups in total. The van der Waals surface area contributed by atoms with Crippen molar-refractivity contribution in [2.24, 2.45) is 0 Å². The van der Waals surface area contributed by atoms with Gasteiger partial charge < -0.3 is 4.74 Å². The van der Waals surface area contributed by atoms with Gasteiger partial charge in [0.2, 0.25) is 0 Å². The Labute approximate surface area is 126 Å². The predicted octanol–water partition coefficient (Wildman–Crippen LogP) is 4.57. The fourth-order valence-electron chi connectivity index (χ4n) is 2.05. The van der Waals surface area contributed by atoms with Gasteiger partial charge in [0.05, 0.1) is 6.61 Å². The highest BCUT2D eigenvalue weighted by atomic mass is 19.1. The number of nitriles is 1. The molecule has 2 aromatic rings. The van der Waals surface area contributed by atoms with E-state index in [2.05, 4.69) is 0 Å². The zero-order valence-electron chi connectivity index (χ0n) is 12.0. The van der Waals surface area contributed by atoms with E-state index in [0.29, 0.717) is 12.2 Å². The van der Waals surface area contributed by atoms with Gasteiger partial charge in [0.1, 0.15) is 29.1 Å². The molecule has 0 saturated carbocycles. The first-order valence-electron chi connectivity index (χ1n) is 6.82. The van der Waals surface area contributed by atoms with Gasteiger partial charge in [-0.15, -0.1) is 0 Å². The maximum absolute atomic E-state index is 14.1. The van der Waals surface area contributed by atoms with Crippen molar-refractivity contribution in [3.63, 3.8) is 0 Å². The van der Waals surface area contributed by atoms with E-state index >= 15 is 0 Å². The van der Waals surface area contributed by atoms with E-state index in [4.69, 9.17) is 10.00 Å². The van der Waals surface area contributed by atoms with Crippen molar-refractivity contribution in [3.05, 3.63) is 58.9 Å². The summed E-state index contributed by atoms with van der Waals surface area (Å²) in [5.41, 5.74) is 0.0899. The highest BCUT2D eigenvalue weighted by Gasteiger charge is 2.14. The predicted molar refractivity (Wildman–Crippen MR) is 76.4 cm³/mol. The molecule has 0 radical (unpaired) electrons. The Morgan fingerprint density at radius 2 is 1.73 bits per heavy atom. The van der Waals surface area contributed by atoms with Gasteiger partial charge in [0, 0.05) is 12.2 Å². The highest BCUT2D eigenvalue weighted by Crippen LogP contribution is 2.27. The van der Waals surface area contributed by atoms with Crippen molar-refractivity contribution < 1.29 is 17.9 Å². The second-order valence-electron chi connectivity index (χ2n) is 4.79. The monoisotopic (exact) mass is 305 g/mol. The van der Waals surface area contributed by atoms with E-state index in [-0.39, 0.29) is 17.7 Å². The van der Waals surface area contributed by atoms with E-state index in [9.17, 15) is 13.2 Å². The molecule has 0 spiro atoms. The lowest BCUT2D eigenvalue weighted by molar-refractivity contribution is 0.121. The molecule has 0 unspecified atom stereocenters. The second-order valence-corrected chi connectivity index (χ2v) is 4.79.